The van der Waals surface area contributed by atoms with E-state index >= 15 is 0 Å². The van der Waals surface area contributed by atoms with Crippen LogP contribution in [0.1, 0.15) is 43.7 Å². The number of benzene rings is 1. The van der Waals surface area contributed by atoms with Gasteiger partial charge < -0.3 is 10.2 Å². The van der Waals surface area contributed by atoms with Gasteiger partial charge in [-0.15, -0.1) is 0 Å². The fraction of sp³-hybridized carbons (Fsp3) is 0.625. The van der Waals surface area contributed by atoms with Gasteiger partial charge in [0.25, 0.3) is 0 Å². The second-order valence-electron chi connectivity index (χ2n) is 5.95. The van der Waals surface area contributed by atoms with E-state index in [1.54, 1.807) is 12.1 Å². The van der Waals surface area contributed by atoms with Crippen LogP contribution < -0.4 is 5.32 Å². The molecule has 0 bridgehead atoms. The molecule has 2 nitrogen and oxygen atoms in total. The first-order chi connectivity index (χ1) is 9.51. The zero-order valence-electron chi connectivity index (χ0n) is 12.5. The minimum atomic E-state index is -0.126. The first-order valence-corrected chi connectivity index (χ1v) is 8.10. The molecule has 20 heavy (non-hydrogen) atoms. The molecule has 1 N–H and O–H groups in total. The number of nitrogens with one attached hydrogen (secondary N) is 1. The number of halogens is 2. The summed E-state index contributed by atoms with van der Waals surface area (Å²) >= 11 is 3.46. The van der Waals surface area contributed by atoms with Crippen molar-refractivity contribution in [2.75, 3.05) is 21.1 Å². The molecule has 1 aromatic rings. The summed E-state index contributed by atoms with van der Waals surface area (Å²) in [7, 11) is 6.17. The number of hydrogen-bond acceptors (Lipinski definition) is 2. The summed E-state index contributed by atoms with van der Waals surface area (Å²) in [6, 6.07) is 5.23. The second kappa shape index (κ2) is 6.54. The molecule has 0 aromatic heterocycles. The van der Waals surface area contributed by atoms with Crippen molar-refractivity contribution in [3.8, 4) is 0 Å². The fourth-order valence-electron chi connectivity index (χ4n) is 3.61. The van der Waals surface area contributed by atoms with E-state index < -0.39 is 0 Å². The van der Waals surface area contributed by atoms with Crippen LogP contribution in [-0.2, 0) is 0 Å². The van der Waals surface area contributed by atoms with E-state index in [0.717, 1.165) is 22.9 Å². The monoisotopic (exact) mass is 342 g/mol. The van der Waals surface area contributed by atoms with Crippen molar-refractivity contribution >= 4 is 15.9 Å². The maximum absolute atomic E-state index is 14.3. The molecule has 2 rings (SSSR count). The first-order valence-electron chi connectivity index (χ1n) is 7.31. The van der Waals surface area contributed by atoms with E-state index in [2.05, 4.69) is 40.2 Å². The van der Waals surface area contributed by atoms with E-state index in [4.69, 9.17) is 0 Å². The van der Waals surface area contributed by atoms with Crippen LogP contribution in [0.25, 0.3) is 0 Å². The van der Waals surface area contributed by atoms with E-state index in [0.29, 0.717) is 0 Å². The summed E-state index contributed by atoms with van der Waals surface area (Å²) in [5.41, 5.74) is 0.756. The molecule has 1 aliphatic rings. The summed E-state index contributed by atoms with van der Waals surface area (Å²) in [4.78, 5) is 2.29. The third-order valence-electron chi connectivity index (χ3n) is 4.71. The van der Waals surface area contributed by atoms with Crippen molar-refractivity contribution in [1.82, 2.24) is 10.2 Å². The molecule has 1 atom stereocenters. The number of likely N-dealkylation sites (N-methyl/N-ethyl adjacent to an activating group) is 2. The highest BCUT2D eigenvalue weighted by molar-refractivity contribution is 9.10. The molecule has 1 saturated carbocycles. The molecule has 0 aliphatic heterocycles. The molecular formula is C16H24BrFN2. The van der Waals surface area contributed by atoms with E-state index in [1.165, 1.54) is 19.3 Å². The van der Waals surface area contributed by atoms with Crippen LogP contribution in [0.2, 0.25) is 0 Å². The quantitative estimate of drug-likeness (QED) is 0.885. The highest BCUT2D eigenvalue weighted by Crippen LogP contribution is 2.42. The lowest BCUT2D eigenvalue weighted by molar-refractivity contribution is 0.0580. The van der Waals surface area contributed by atoms with Crippen LogP contribution in [0.4, 0.5) is 4.39 Å². The van der Waals surface area contributed by atoms with Crippen molar-refractivity contribution in [1.29, 1.82) is 0 Å². The van der Waals surface area contributed by atoms with Gasteiger partial charge in [-0.3, -0.25) is 0 Å². The third kappa shape index (κ3) is 2.92. The lowest BCUT2D eigenvalue weighted by atomic mass is 9.73. The highest BCUT2D eigenvalue weighted by atomic mass is 79.9. The van der Waals surface area contributed by atoms with Gasteiger partial charge >= 0.3 is 0 Å². The van der Waals surface area contributed by atoms with Crippen LogP contribution in [0.15, 0.2) is 22.7 Å². The van der Waals surface area contributed by atoms with Crippen LogP contribution >= 0.6 is 15.9 Å². The Labute approximate surface area is 129 Å². The molecule has 0 amide bonds. The summed E-state index contributed by atoms with van der Waals surface area (Å²) in [5, 5.41) is 3.38. The van der Waals surface area contributed by atoms with Crippen molar-refractivity contribution < 1.29 is 4.39 Å². The molecule has 1 fully saturated rings. The molecule has 0 radical (unpaired) electrons. The van der Waals surface area contributed by atoms with E-state index in [-0.39, 0.29) is 17.4 Å². The fourth-order valence-corrected chi connectivity index (χ4v) is 3.99. The average Bonchev–Trinajstić information content (AvgIpc) is 2.44. The third-order valence-corrected chi connectivity index (χ3v) is 5.20. The molecule has 0 saturated heterocycles. The summed E-state index contributed by atoms with van der Waals surface area (Å²) in [6.45, 7) is 0. The van der Waals surface area contributed by atoms with E-state index in [1.807, 2.05) is 13.1 Å². The van der Waals surface area contributed by atoms with Gasteiger partial charge in [0, 0.05) is 15.6 Å². The van der Waals surface area contributed by atoms with Gasteiger partial charge in [-0.2, -0.15) is 0 Å². The molecular weight excluding hydrogens is 319 g/mol. The minimum Gasteiger partial charge on any atom is -0.311 e. The standard InChI is InChI=1S/C16H24BrFN2/c1-19-15(13-11-12(17)7-8-14(13)18)16(20(2)3)9-5-4-6-10-16/h7-8,11,15,19H,4-6,9-10H2,1-3H3. The topological polar surface area (TPSA) is 15.3 Å². The smallest absolute Gasteiger partial charge is 0.128 e. The van der Waals surface area contributed by atoms with Crippen molar-refractivity contribution in [3.05, 3.63) is 34.1 Å². The number of nitrogens with zero attached hydrogens (tertiary/aromatic N) is 1. The Morgan fingerprint density at radius 3 is 2.45 bits per heavy atom. The Morgan fingerprint density at radius 2 is 1.90 bits per heavy atom. The molecule has 4 heteroatoms. The van der Waals surface area contributed by atoms with Gasteiger partial charge in [-0.05, 0) is 52.2 Å². The Balaban J connectivity index is 2.45. The number of rotatable bonds is 4. The largest absolute Gasteiger partial charge is 0.311 e. The van der Waals surface area contributed by atoms with Crippen LogP contribution in [-0.4, -0.2) is 31.6 Å². The van der Waals surface area contributed by atoms with Crippen LogP contribution in [0.5, 0.6) is 0 Å². The Hall–Kier alpha value is -0.450. The molecule has 0 heterocycles. The van der Waals surface area contributed by atoms with Gasteiger partial charge in [-0.25, -0.2) is 4.39 Å². The van der Waals surface area contributed by atoms with Gasteiger partial charge in [-0.1, -0.05) is 35.2 Å². The second-order valence-corrected chi connectivity index (χ2v) is 6.86. The summed E-state index contributed by atoms with van der Waals surface area (Å²) in [5.74, 6) is -0.126. The predicted octanol–water partition coefficient (Wildman–Crippen LogP) is 4.11. The van der Waals surface area contributed by atoms with Crippen LogP contribution in [0.3, 0.4) is 0 Å². The van der Waals surface area contributed by atoms with Gasteiger partial charge in [0.1, 0.15) is 5.82 Å². The zero-order chi connectivity index (χ0) is 14.8. The predicted molar refractivity (Wildman–Crippen MR) is 85.4 cm³/mol. The van der Waals surface area contributed by atoms with Crippen molar-refractivity contribution in [3.63, 3.8) is 0 Å². The van der Waals surface area contributed by atoms with Gasteiger partial charge in [0.15, 0.2) is 0 Å². The normalized spacial score (nSPS) is 20.1. The molecule has 0 spiro atoms. The lowest BCUT2D eigenvalue weighted by Gasteiger charge is -2.48. The number of hydrogen-bond donors (Lipinski definition) is 1. The summed E-state index contributed by atoms with van der Waals surface area (Å²) < 4.78 is 15.2. The molecule has 1 aromatic carbocycles. The Bertz CT molecular complexity index is 456. The van der Waals surface area contributed by atoms with Crippen molar-refractivity contribution in [2.45, 2.75) is 43.7 Å². The maximum Gasteiger partial charge on any atom is 0.128 e. The Morgan fingerprint density at radius 1 is 1.25 bits per heavy atom. The molecule has 112 valence electrons. The minimum absolute atomic E-state index is 0.00532. The van der Waals surface area contributed by atoms with Crippen molar-refractivity contribution in [2.24, 2.45) is 0 Å². The Kier molecular flexibility index (Phi) is 5.21. The van der Waals surface area contributed by atoms with Gasteiger partial charge in [0.05, 0.1) is 6.04 Å². The molecule has 1 aliphatic carbocycles. The lowest BCUT2D eigenvalue weighted by Crippen LogP contribution is -2.54. The SMILES string of the molecule is CNC(c1cc(Br)ccc1F)C1(N(C)C)CCCCC1. The maximum atomic E-state index is 14.3. The summed E-state index contributed by atoms with van der Waals surface area (Å²) in [6.07, 6.45) is 5.93. The average molecular weight is 343 g/mol. The van der Waals surface area contributed by atoms with Crippen LogP contribution in [0, 0.1) is 5.82 Å². The zero-order valence-corrected chi connectivity index (χ0v) is 14.1. The van der Waals surface area contributed by atoms with Gasteiger partial charge in [0.2, 0.25) is 0 Å². The highest BCUT2D eigenvalue weighted by Gasteiger charge is 2.42. The first kappa shape index (κ1) is 15.9. The van der Waals surface area contributed by atoms with E-state index in [9.17, 15) is 4.39 Å². The molecule has 1 unspecified atom stereocenters.